The zero-order valence-electron chi connectivity index (χ0n) is 15.9. The summed E-state index contributed by atoms with van der Waals surface area (Å²) >= 11 is 0. The van der Waals surface area contributed by atoms with Gasteiger partial charge in [-0.2, -0.15) is 17.8 Å². The first-order chi connectivity index (χ1) is 12.1. The van der Waals surface area contributed by atoms with E-state index in [9.17, 15) is 5.26 Å². The largest absolute Gasteiger partial charge is 2.00 e. The molecule has 1 atom stereocenters. The van der Waals surface area contributed by atoms with Gasteiger partial charge >= 0.3 is 31.1 Å². The van der Waals surface area contributed by atoms with Crippen molar-refractivity contribution in [3.8, 4) is 6.07 Å². The first-order valence-electron chi connectivity index (χ1n) is 9.29. The molecule has 1 aromatic carbocycles. The standard InChI is InChI=1S/C22H28N2O.U/c1-4-12-24(21-13-18(15-23)7-6-17(21)3)16-19-14-20(25-5-2)8-9-22(19)10-11-22;/h4,6-7,12-13,19H,2,5,8-11,14,16H2,1,3H3;/q-2;+2/b12-4-;. The number of ether oxygens (including phenoxy) is 1. The van der Waals surface area contributed by atoms with E-state index in [0.717, 1.165) is 25.1 Å². The van der Waals surface area contributed by atoms with Crippen LogP contribution in [0.15, 0.2) is 30.5 Å². The number of rotatable bonds is 6. The van der Waals surface area contributed by atoms with E-state index in [1.54, 1.807) is 0 Å². The molecule has 4 heteroatoms. The second kappa shape index (κ2) is 9.46. The van der Waals surface area contributed by atoms with Crippen LogP contribution >= 0.6 is 0 Å². The van der Waals surface area contributed by atoms with Crippen molar-refractivity contribution < 1.29 is 35.9 Å². The van der Waals surface area contributed by atoms with Crippen LogP contribution in [0.5, 0.6) is 0 Å². The Morgan fingerprint density at radius 1 is 1.42 bits per heavy atom. The maximum Gasteiger partial charge on any atom is 2.00 e. The molecule has 1 aromatic rings. The van der Waals surface area contributed by atoms with Gasteiger partial charge in [0, 0.05) is 12.2 Å². The fourth-order valence-corrected chi connectivity index (χ4v) is 4.18. The summed E-state index contributed by atoms with van der Waals surface area (Å²) in [5.41, 5.74) is 3.57. The van der Waals surface area contributed by atoms with Crippen molar-refractivity contribution in [2.75, 3.05) is 18.1 Å². The summed E-state index contributed by atoms with van der Waals surface area (Å²) in [7, 11) is 0. The van der Waals surface area contributed by atoms with Crippen molar-refractivity contribution in [2.24, 2.45) is 11.3 Å². The minimum atomic E-state index is 0. The molecule has 0 saturated heterocycles. The van der Waals surface area contributed by atoms with Gasteiger partial charge in [0.05, 0.1) is 11.6 Å². The molecule has 2 saturated carbocycles. The third kappa shape index (κ3) is 4.75. The van der Waals surface area contributed by atoms with Crippen LogP contribution in [0.2, 0.25) is 0 Å². The van der Waals surface area contributed by atoms with Gasteiger partial charge in [-0.3, -0.25) is 0 Å². The van der Waals surface area contributed by atoms with E-state index in [1.807, 2.05) is 25.1 Å². The van der Waals surface area contributed by atoms with Gasteiger partial charge in [0.1, 0.15) is 0 Å². The molecule has 1 unspecified atom stereocenters. The molecule has 0 radical (unpaired) electrons. The first kappa shape index (κ1) is 21.6. The Hall–Kier alpha value is -0.738. The SMILES string of the molecule is [CH2-]CO[C-]1CCC2(CC2)C(CN(/C=C\C)c2cc(C#N)ccc2C)C1.[U+2]. The van der Waals surface area contributed by atoms with Crippen LogP contribution < -0.4 is 4.90 Å². The van der Waals surface area contributed by atoms with E-state index in [0.29, 0.717) is 23.5 Å². The van der Waals surface area contributed by atoms with E-state index in [2.05, 4.69) is 37.1 Å². The van der Waals surface area contributed by atoms with Gasteiger partial charge in [-0.05, 0) is 61.9 Å². The van der Waals surface area contributed by atoms with E-state index >= 15 is 0 Å². The van der Waals surface area contributed by atoms with Crippen molar-refractivity contribution in [1.29, 1.82) is 5.26 Å². The van der Waals surface area contributed by atoms with Crippen molar-refractivity contribution in [1.82, 2.24) is 0 Å². The number of benzene rings is 1. The van der Waals surface area contributed by atoms with Crippen LogP contribution in [-0.2, 0) is 4.74 Å². The minimum absolute atomic E-state index is 0. The summed E-state index contributed by atoms with van der Waals surface area (Å²) in [5.74, 6) is 0.601. The number of anilines is 1. The van der Waals surface area contributed by atoms with Gasteiger partial charge in [0.15, 0.2) is 0 Å². The molecule has 0 heterocycles. The molecule has 0 aliphatic heterocycles. The van der Waals surface area contributed by atoms with Crippen LogP contribution in [0.3, 0.4) is 0 Å². The van der Waals surface area contributed by atoms with Crippen molar-refractivity contribution in [2.45, 2.75) is 46.0 Å². The van der Waals surface area contributed by atoms with E-state index in [-0.39, 0.29) is 31.1 Å². The monoisotopic (exact) mass is 574 g/mol. The van der Waals surface area contributed by atoms with Gasteiger partial charge < -0.3 is 16.6 Å². The molecule has 3 nitrogen and oxygen atoms in total. The Kier molecular flexibility index (Phi) is 7.84. The van der Waals surface area contributed by atoms with E-state index in [1.165, 1.54) is 30.9 Å². The Morgan fingerprint density at radius 3 is 2.81 bits per heavy atom. The maximum absolute atomic E-state index is 9.26. The van der Waals surface area contributed by atoms with Crippen LogP contribution in [0, 0.1) is 73.7 Å². The van der Waals surface area contributed by atoms with Gasteiger partial charge in [-0.25, -0.2) is 0 Å². The van der Waals surface area contributed by atoms with Gasteiger partial charge in [-0.15, -0.1) is 13.0 Å². The minimum Gasteiger partial charge on any atom is -0.575 e. The smallest absolute Gasteiger partial charge is 0.575 e. The first-order valence-corrected chi connectivity index (χ1v) is 9.29. The Morgan fingerprint density at radius 2 is 2.19 bits per heavy atom. The normalized spacial score (nSPS) is 21.4. The predicted octanol–water partition coefficient (Wildman–Crippen LogP) is 5.17. The van der Waals surface area contributed by atoms with Crippen molar-refractivity contribution in [3.63, 3.8) is 0 Å². The topological polar surface area (TPSA) is 36.3 Å². The summed E-state index contributed by atoms with van der Waals surface area (Å²) in [4.78, 5) is 2.33. The second-order valence-corrected chi connectivity index (χ2v) is 7.40. The maximum atomic E-state index is 9.26. The number of aryl methyl sites for hydroxylation is 1. The summed E-state index contributed by atoms with van der Waals surface area (Å²) in [6.45, 7) is 9.50. The zero-order valence-corrected chi connectivity index (χ0v) is 20.1. The number of hydrogen-bond acceptors (Lipinski definition) is 3. The molecule has 2 aliphatic rings. The molecular weight excluding hydrogens is 546 g/mol. The van der Waals surface area contributed by atoms with Gasteiger partial charge in [-0.1, -0.05) is 18.6 Å². The van der Waals surface area contributed by atoms with Crippen molar-refractivity contribution in [3.05, 3.63) is 54.6 Å². The van der Waals surface area contributed by atoms with Gasteiger partial charge in [0.2, 0.25) is 0 Å². The zero-order chi connectivity index (χ0) is 17.9. The fourth-order valence-electron chi connectivity index (χ4n) is 4.18. The Balaban J connectivity index is 0.00000243. The third-order valence-corrected chi connectivity index (χ3v) is 5.83. The molecule has 26 heavy (non-hydrogen) atoms. The number of allylic oxidation sites excluding steroid dienone is 1. The summed E-state index contributed by atoms with van der Waals surface area (Å²) in [6, 6.07) is 8.21. The van der Waals surface area contributed by atoms with E-state index in [4.69, 9.17) is 4.74 Å². The molecule has 0 bridgehead atoms. The van der Waals surface area contributed by atoms with Crippen LogP contribution in [0.4, 0.5) is 5.69 Å². The van der Waals surface area contributed by atoms with Gasteiger partial charge in [0.25, 0.3) is 0 Å². The quantitative estimate of drug-likeness (QED) is 0.440. The molecule has 1 spiro atoms. The third-order valence-electron chi connectivity index (χ3n) is 5.83. The van der Waals surface area contributed by atoms with E-state index < -0.39 is 0 Å². The Bertz CT molecular complexity index is 675. The Labute approximate surface area is 182 Å². The number of nitriles is 1. The summed E-state index contributed by atoms with van der Waals surface area (Å²) in [5, 5.41) is 9.26. The summed E-state index contributed by atoms with van der Waals surface area (Å²) < 4.78 is 5.77. The van der Waals surface area contributed by atoms with Crippen LogP contribution in [-0.4, -0.2) is 13.2 Å². The van der Waals surface area contributed by atoms with Crippen LogP contribution in [0.25, 0.3) is 0 Å². The number of nitrogens with zero attached hydrogens (tertiary/aromatic N) is 2. The molecule has 2 aliphatic carbocycles. The average Bonchev–Trinajstić information content (AvgIpc) is 3.39. The molecule has 136 valence electrons. The second-order valence-electron chi connectivity index (χ2n) is 7.40. The molecule has 3 rings (SSSR count). The fraction of sp³-hybridized carbons (Fsp3) is 0.500. The average molecular weight is 575 g/mol. The number of hydrogen-bond donors (Lipinski definition) is 0. The molecular formula is C22H28N2OU. The molecule has 0 amide bonds. The predicted molar refractivity (Wildman–Crippen MR) is 102 cm³/mol. The van der Waals surface area contributed by atoms with Crippen LogP contribution in [0.1, 0.15) is 50.2 Å². The summed E-state index contributed by atoms with van der Waals surface area (Å²) in [6.07, 6.45) is 11.5. The van der Waals surface area contributed by atoms with Crippen molar-refractivity contribution >= 4 is 5.69 Å². The molecule has 0 N–H and O–H groups in total. The molecule has 0 aromatic heterocycles. The molecule has 2 fully saturated rings.